The molecular formula is C12H18O9Rh. The first kappa shape index (κ1) is 28.2. The maximum atomic E-state index is 9.87. The second-order valence-corrected chi connectivity index (χ2v) is 3.82. The Bertz CT molecular complexity index is 317. The number of hydrogen-bond acceptors (Lipinski definition) is 6. The molecule has 0 rings (SSSR count). The molecule has 0 saturated carbocycles. The van der Waals surface area contributed by atoms with E-state index >= 15 is 0 Å². The Morgan fingerprint density at radius 1 is 0.545 bits per heavy atom. The van der Waals surface area contributed by atoms with Crippen LogP contribution < -0.4 is 0 Å². The average Bonchev–Trinajstić information content (AvgIpc) is 2.10. The van der Waals surface area contributed by atoms with Crippen LogP contribution in [0.15, 0.2) is 0 Å². The molecule has 1 radical (unpaired) electrons. The van der Waals surface area contributed by atoms with Crippen molar-refractivity contribution in [1.82, 2.24) is 0 Å². The zero-order valence-corrected chi connectivity index (χ0v) is 13.9. The molecule has 0 fully saturated rings. The van der Waals surface area contributed by atoms with Crippen molar-refractivity contribution in [2.45, 2.75) is 40.0 Å². The fourth-order valence-electron chi connectivity index (χ4n) is 0.639. The van der Waals surface area contributed by atoms with E-state index in [0.717, 1.165) is 0 Å². The Balaban J connectivity index is -0.000000108. The molecule has 0 bridgehead atoms. The molecule has 22 heavy (non-hydrogen) atoms. The minimum absolute atomic E-state index is 0. The predicted octanol–water partition coefficient (Wildman–Crippen LogP) is 0.148. The van der Waals surface area contributed by atoms with Gasteiger partial charge in [-0.25, -0.2) is 0 Å². The van der Waals surface area contributed by atoms with E-state index < -0.39 is 17.9 Å². The number of carboxylic acid groups (broad SMARTS) is 3. The summed E-state index contributed by atoms with van der Waals surface area (Å²) >= 11 is 0. The van der Waals surface area contributed by atoms with Crippen LogP contribution in [0.5, 0.6) is 0 Å². The summed E-state index contributed by atoms with van der Waals surface area (Å²) in [7, 11) is 0. The fourth-order valence-corrected chi connectivity index (χ4v) is 0.639. The van der Waals surface area contributed by atoms with Gasteiger partial charge in [-0.15, -0.1) is 0 Å². The van der Waals surface area contributed by atoms with Crippen LogP contribution in [0.1, 0.15) is 40.0 Å². The number of aliphatic carboxylic acids is 3. The van der Waals surface area contributed by atoms with E-state index in [4.69, 9.17) is 15.3 Å². The second kappa shape index (κ2) is 17.1. The molecule has 0 aromatic carbocycles. The largest absolute Gasteiger partial charge is 0.481 e. The molecule has 0 spiro atoms. The Kier molecular flexibility index (Phi) is 21.9. The van der Waals surface area contributed by atoms with E-state index in [-0.39, 0.29) is 56.1 Å². The van der Waals surface area contributed by atoms with Gasteiger partial charge in [-0.1, -0.05) is 0 Å². The maximum Gasteiger partial charge on any atom is 0.310 e. The van der Waals surface area contributed by atoms with E-state index in [1.165, 1.54) is 20.8 Å². The number of hydrogen-bond donors (Lipinski definition) is 3. The van der Waals surface area contributed by atoms with Crippen molar-refractivity contribution < 1.29 is 63.6 Å². The summed E-state index contributed by atoms with van der Waals surface area (Å²) in [5, 5.41) is 23.6. The van der Waals surface area contributed by atoms with Crippen LogP contribution in [0.3, 0.4) is 0 Å². The van der Waals surface area contributed by atoms with Crippen molar-refractivity contribution in [3.63, 3.8) is 0 Å². The van der Waals surface area contributed by atoms with Crippen LogP contribution in [0.2, 0.25) is 0 Å². The number of ketones is 3. The fraction of sp³-hybridized carbons (Fsp3) is 0.500. The van der Waals surface area contributed by atoms with Gasteiger partial charge in [0.25, 0.3) is 0 Å². The first-order chi connectivity index (χ1) is 9.38. The standard InChI is InChI=1S/3C4H6O3.Rh/c3*1-3(5)2-4(6)7;/h3*2H2,1H3,(H,6,7);. The van der Waals surface area contributed by atoms with Gasteiger partial charge in [-0.05, 0) is 20.8 Å². The number of carbonyl (C=O) groups is 6. The number of carboxylic acids is 3. The Labute approximate surface area is 139 Å². The summed E-state index contributed by atoms with van der Waals surface area (Å²) in [6.45, 7) is 3.73. The molecule has 0 unspecified atom stereocenters. The maximum absolute atomic E-state index is 9.87. The molecule has 0 saturated heterocycles. The molecule has 0 aliphatic rings. The second-order valence-electron chi connectivity index (χ2n) is 3.82. The monoisotopic (exact) mass is 409 g/mol. The molecule has 0 aromatic heterocycles. The van der Waals surface area contributed by atoms with E-state index in [1.807, 2.05) is 0 Å². The van der Waals surface area contributed by atoms with Gasteiger partial charge in [-0.2, -0.15) is 0 Å². The van der Waals surface area contributed by atoms with Gasteiger partial charge in [0, 0.05) is 19.5 Å². The van der Waals surface area contributed by atoms with Crippen molar-refractivity contribution >= 4 is 35.3 Å². The molecule has 3 N–H and O–H groups in total. The Hall–Kier alpha value is -1.96. The topological polar surface area (TPSA) is 163 Å². The van der Waals surface area contributed by atoms with Crippen LogP contribution in [0.25, 0.3) is 0 Å². The summed E-state index contributed by atoms with van der Waals surface area (Å²) in [6, 6.07) is 0. The van der Waals surface area contributed by atoms with Gasteiger partial charge in [0.1, 0.15) is 36.6 Å². The van der Waals surface area contributed by atoms with Gasteiger partial charge in [-0.3, -0.25) is 28.8 Å². The molecule has 0 atom stereocenters. The summed E-state index contributed by atoms with van der Waals surface area (Å²) in [5.41, 5.74) is 0. The predicted molar refractivity (Wildman–Crippen MR) is 68.8 cm³/mol. The van der Waals surface area contributed by atoms with Gasteiger partial charge in [0.05, 0.1) is 0 Å². The van der Waals surface area contributed by atoms with Crippen molar-refractivity contribution in [2.24, 2.45) is 0 Å². The summed E-state index contributed by atoms with van der Waals surface area (Å²) in [5.74, 6) is -4.12. The summed E-state index contributed by atoms with van der Waals surface area (Å²) in [4.78, 5) is 58.4. The minimum atomic E-state index is -1.06. The summed E-state index contributed by atoms with van der Waals surface area (Å²) < 4.78 is 0. The van der Waals surface area contributed by atoms with Crippen molar-refractivity contribution in [3.05, 3.63) is 0 Å². The minimum Gasteiger partial charge on any atom is -0.481 e. The third-order valence-corrected chi connectivity index (χ3v) is 1.20. The van der Waals surface area contributed by atoms with Crippen LogP contribution in [0.4, 0.5) is 0 Å². The summed E-state index contributed by atoms with van der Waals surface area (Å²) in [6.07, 6.45) is -1.08. The molecule has 0 amide bonds. The van der Waals surface area contributed by atoms with Crippen LogP contribution in [-0.4, -0.2) is 50.6 Å². The van der Waals surface area contributed by atoms with E-state index in [0.29, 0.717) is 0 Å². The third kappa shape index (κ3) is 52.0. The van der Waals surface area contributed by atoms with Gasteiger partial charge in [0.2, 0.25) is 0 Å². The normalized spacial score (nSPS) is 7.77. The van der Waals surface area contributed by atoms with Crippen molar-refractivity contribution in [1.29, 1.82) is 0 Å². The number of rotatable bonds is 6. The van der Waals surface area contributed by atoms with Gasteiger partial charge in [0.15, 0.2) is 0 Å². The van der Waals surface area contributed by atoms with Gasteiger partial charge < -0.3 is 15.3 Å². The number of carbonyl (C=O) groups excluding carboxylic acids is 3. The smallest absolute Gasteiger partial charge is 0.310 e. The SMILES string of the molecule is CC(=O)CC(=O)O.CC(=O)CC(=O)O.CC(=O)CC(=O)O.[Rh]. The quantitative estimate of drug-likeness (QED) is 0.409. The van der Waals surface area contributed by atoms with Crippen LogP contribution in [-0.2, 0) is 48.2 Å². The van der Waals surface area contributed by atoms with Crippen LogP contribution in [0, 0.1) is 0 Å². The molecule has 0 heterocycles. The van der Waals surface area contributed by atoms with E-state index in [9.17, 15) is 28.8 Å². The molecule has 129 valence electrons. The van der Waals surface area contributed by atoms with Crippen molar-refractivity contribution in [3.8, 4) is 0 Å². The average molecular weight is 409 g/mol. The van der Waals surface area contributed by atoms with Crippen LogP contribution >= 0.6 is 0 Å². The van der Waals surface area contributed by atoms with Gasteiger partial charge >= 0.3 is 17.9 Å². The Morgan fingerprint density at radius 3 is 0.682 bits per heavy atom. The van der Waals surface area contributed by atoms with Crippen molar-refractivity contribution in [2.75, 3.05) is 0 Å². The third-order valence-electron chi connectivity index (χ3n) is 1.20. The first-order valence-electron chi connectivity index (χ1n) is 5.52. The number of Topliss-reactive ketones (excluding diaryl/α,β-unsaturated/α-hetero) is 3. The molecular weight excluding hydrogens is 391 g/mol. The zero-order chi connectivity index (χ0) is 17.6. The van der Waals surface area contributed by atoms with E-state index in [2.05, 4.69) is 0 Å². The molecule has 0 aliphatic carbocycles. The molecule has 0 aliphatic heterocycles. The first-order valence-corrected chi connectivity index (χ1v) is 5.52. The Morgan fingerprint density at radius 2 is 0.682 bits per heavy atom. The molecule has 10 heteroatoms. The molecule has 0 aromatic rings. The molecule has 9 nitrogen and oxygen atoms in total. The van der Waals surface area contributed by atoms with E-state index in [1.54, 1.807) is 0 Å². The zero-order valence-electron chi connectivity index (χ0n) is 12.2.